The molecule has 0 aliphatic heterocycles. The van der Waals surface area contributed by atoms with Crippen molar-refractivity contribution in [1.82, 2.24) is 29.9 Å². The van der Waals surface area contributed by atoms with Gasteiger partial charge in [-0.05, 0) is 32.8 Å². The Morgan fingerprint density at radius 2 is 2.18 bits per heavy atom. The lowest BCUT2D eigenvalue weighted by atomic mass is 10.0. The monoisotopic (exact) mass is 467 g/mol. The number of rotatable bonds is 8. The van der Waals surface area contributed by atoms with E-state index in [2.05, 4.69) is 30.8 Å². The van der Waals surface area contributed by atoms with Crippen LogP contribution in [0.4, 0.5) is 29.7 Å². The van der Waals surface area contributed by atoms with Gasteiger partial charge >= 0.3 is 6.09 Å². The van der Waals surface area contributed by atoms with Crippen LogP contribution < -0.4 is 15.4 Å². The van der Waals surface area contributed by atoms with E-state index in [1.807, 2.05) is 0 Å². The van der Waals surface area contributed by atoms with Gasteiger partial charge in [-0.1, -0.05) is 0 Å². The normalized spacial score (nSPS) is 20.5. The molecule has 1 saturated carbocycles. The summed E-state index contributed by atoms with van der Waals surface area (Å²) in [5.74, 6) is 0.228. The molecule has 3 heterocycles. The zero-order valence-corrected chi connectivity index (χ0v) is 18.0. The fourth-order valence-electron chi connectivity index (χ4n) is 3.69. The van der Waals surface area contributed by atoms with Crippen LogP contribution in [0, 0.1) is 0 Å². The summed E-state index contributed by atoms with van der Waals surface area (Å²) in [7, 11) is 0. The number of carbonyl (C=O) groups is 1. The number of hydrogen-bond acceptors (Lipinski definition) is 7. The topological polar surface area (TPSA) is 118 Å². The summed E-state index contributed by atoms with van der Waals surface area (Å²) in [6.45, 7) is 2.82. The average molecular weight is 467 g/mol. The Morgan fingerprint density at radius 3 is 2.94 bits per heavy atom. The molecule has 1 aliphatic rings. The van der Waals surface area contributed by atoms with Crippen molar-refractivity contribution in [1.29, 1.82) is 0 Å². The number of alkyl halides is 3. The minimum absolute atomic E-state index is 0.0350. The van der Waals surface area contributed by atoms with Crippen LogP contribution in [0.1, 0.15) is 38.3 Å². The molecule has 0 aromatic carbocycles. The van der Waals surface area contributed by atoms with Gasteiger partial charge in [-0.2, -0.15) is 10.1 Å². The molecule has 1 amide bonds. The van der Waals surface area contributed by atoms with Crippen molar-refractivity contribution in [2.75, 3.05) is 11.9 Å². The largest absolute Gasteiger partial charge is 0.470 e. The maximum Gasteiger partial charge on any atom is 0.407 e. The van der Waals surface area contributed by atoms with Crippen LogP contribution in [0.25, 0.3) is 5.65 Å². The lowest BCUT2D eigenvalue weighted by molar-refractivity contribution is 0.0555. The van der Waals surface area contributed by atoms with Crippen LogP contribution in [0.5, 0.6) is 5.88 Å². The van der Waals surface area contributed by atoms with Gasteiger partial charge < -0.3 is 20.1 Å². The first kappa shape index (κ1) is 22.7. The number of nitrogens with zero attached hydrogens (tertiary/aromatic N) is 4. The number of fused-ring (bicyclic) bond motifs is 1. The molecule has 0 radical (unpaired) electrons. The summed E-state index contributed by atoms with van der Waals surface area (Å²) in [5, 5.41) is 12.6. The zero-order chi connectivity index (χ0) is 23.5. The van der Waals surface area contributed by atoms with E-state index in [-0.39, 0.29) is 11.9 Å². The predicted octanol–water partition coefficient (Wildman–Crippen LogP) is 3.56. The number of anilines is 2. The van der Waals surface area contributed by atoms with Crippen molar-refractivity contribution < 1.29 is 27.4 Å². The van der Waals surface area contributed by atoms with Gasteiger partial charge in [0.05, 0.1) is 6.20 Å². The van der Waals surface area contributed by atoms with Gasteiger partial charge in [0.2, 0.25) is 11.8 Å². The van der Waals surface area contributed by atoms with E-state index in [1.165, 1.54) is 16.8 Å². The number of nitrogens with one attached hydrogen (secondary N) is 3. The van der Waals surface area contributed by atoms with Crippen LogP contribution in [0.2, 0.25) is 0 Å². The smallest absolute Gasteiger partial charge is 0.407 e. The van der Waals surface area contributed by atoms with Crippen molar-refractivity contribution in [3.05, 3.63) is 30.2 Å². The van der Waals surface area contributed by atoms with E-state index in [9.17, 15) is 18.0 Å². The molecule has 0 spiro atoms. The summed E-state index contributed by atoms with van der Waals surface area (Å²) in [5.41, 5.74) is 0.992. The highest BCUT2D eigenvalue weighted by Crippen LogP contribution is 2.38. The molecule has 1 fully saturated rings. The number of hydrogen-bond donors (Lipinski definition) is 3. The number of alkyl carbamates (subject to hydrolysis) is 1. The van der Waals surface area contributed by atoms with Crippen molar-refractivity contribution >= 4 is 23.5 Å². The van der Waals surface area contributed by atoms with E-state index in [1.54, 1.807) is 26.0 Å². The van der Waals surface area contributed by atoms with E-state index in [0.717, 1.165) is 0 Å². The van der Waals surface area contributed by atoms with Crippen LogP contribution in [-0.2, 0) is 4.74 Å². The first-order valence-corrected chi connectivity index (χ1v) is 10.5. The number of aromatic nitrogens is 5. The second-order valence-corrected chi connectivity index (χ2v) is 7.98. The van der Waals surface area contributed by atoms with Crippen LogP contribution in [0.15, 0.2) is 24.5 Å². The molecular formula is C20H24F3N7O3. The Labute approximate surface area is 186 Å². The highest BCUT2D eigenvalue weighted by Gasteiger charge is 2.40. The fraction of sp³-hybridized carbons (Fsp3) is 0.500. The molecule has 4 rings (SSSR count). The Bertz CT molecular complexity index is 1100. The van der Waals surface area contributed by atoms with Crippen LogP contribution in [-0.4, -0.2) is 62.0 Å². The fourth-order valence-corrected chi connectivity index (χ4v) is 3.69. The molecule has 13 heteroatoms. The highest BCUT2D eigenvalue weighted by molar-refractivity contribution is 5.67. The molecule has 3 aromatic rings. The molecule has 3 aromatic heterocycles. The maximum atomic E-state index is 14.9. The summed E-state index contributed by atoms with van der Waals surface area (Å²) in [4.78, 5) is 20.1. The lowest BCUT2D eigenvalue weighted by Gasteiger charge is -2.18. The number of H-pyrrole nitrogens is 1. The summed E-state index contributed by atoms with van der Waals surface area (Å²) < 4.78 is 51.4. The standard InChI is InChI=1S/C20H24F3N7O3/c1-10(2)25-20(31)33-13-4-3-11(18(13)23)12-7-15(29-28-12)26-19-24-6-5-16-27-17(8-30(16)19)32-9-14(21)22/h5-8,10-11,13-14,18H,3-4,9H2,1-2H3,(H,25,31)(H2,24,26,28,29)/t11-,13-,18+/m0/s1. The Hall–Kier alpha value is -3.51. The Morgan fingerprint density at radius 1 is 1.36 bits per heavy atom. The molecule has 3 N–H and O–H groups in total. The molecule has 0 unspecified atom stereocenters. The lowest BCUT2D eigenvalue weighted by Crippen LogP contribution is -2.36. The summed E-state index contributed by atoms with van der Waals surface area (Å²) >= 11 is 0. The first-order valence-electron chi connectivity index (χ1n) is 10.5. The minimum Gasteiger partial charge on any atom is -0.470 e. The number of amides is 1. The summed E-state index contributed by atoms with van der Waals surface area (Å²) in [6, 6.07) is 3.15. The van der Waals surface area contributed by atoms with E-state index in [0.29, 0.717) is 35.9 Å². The van der Waals surface area contributed by atoms with Gasteiger partial charge in [0, 0.05) is 29.9 Å². The molecule has 1 aliphatic carbocycles. The van der Waals surface area contributed by atoms with Crippen molar-refractivity contribution in [2.45, 2.75) is 57.3 Å². The molecule has 3 atom stereocenters. The van der Waals surface area contributed by atoms with Gasteiger partial charge in [-0.25, -0.2) is 22.9 Å². The van der Waals surface area contributed by atoms with Crippen LogP contribution in [0.3, 0.4) is 0 Å². The van der Waals surface area contributed by atoms with E-state index >= 15 is 0 Å². The van der Waals surface area contributed by atoms with Gasteiger partial charge in [0.25, 0.3) is 6.43 Å². The van der Waals surface area contributed by atoms with E-state index in [4.69, 9.17) is 9.47 Å². The second kappa shape index (κ2) is 9.55. The molecular weight excluding hydrogens is 443 g/mol. The third kappa shape index (κ3) is 5.29. The minimum atomic E-state index is -2.61. The number of carbonyl (C=O) groups excluding carboxylic acids is 1. The van der Waals surface area contributed by atoms with Gasteiger partial charge in [0.15, 0.2) is 12.4 Å². The number of halogens is 3. The SMILES string of the molecule is CC(C)NC(=O)O[C@H]1CC[C@@H](c2cc(Nc3nccc4nc(OCC(F)F)cn34)n[nH]2)[C@H]1F. The third-order valence-electron chi connectivity index (χ3n) is 5.12. The highest BCUT2D eigenvalue weighted by atomic mass is 19.3. The molecule has 33 heavy (non-hydrogen) atoms. The van der Waals surface area contributed by atoms with E-state index < -0.39 is 37.3 Å². The average Bonchev–Trinajstić information content (AvgIpc) is 3.45. The van der Waals surface area contributed by atoms with Gasteiger partial charge in [-0.3, -0.25) is 9.50 Å². The molecule has 178 valence electrons. The molecule has 10 nitrogen and oxygen atoms in total. The number of aromatic amines is 1. The second-order valence-electron chi connectivity index (χ2n) is 7.98. The third-order valence-corrected chi connectivity index (χ3v) is 5.12. The number of imidazole rings is 1. The first-order chi connectivity index (χ1) is 15.8. The van der Waals surface area contributed by atoms with Crippen molar-refractivity contribution in [3.63, 3.8) is 0 Å². The summed E-state index contributed by atoms with van der Waals surface area (Å²) in [6.07, 6.45) is -1.65. The Balaban J connectivity index is 1.43. The quantitative estimate of drug-likeness (QED) is 0.464. The van der Waals surface area contributed by atoms with Crippen molar-refractivity contribution in [3.8, 4) is 5.88 Å². The maximum absolute atomic E-state index is 14.9. The Kier molecular flexibility index (Phi) is 6.56. The van der Waals surface area contributed by atoms with Gasteiger partial charge in [0.1, 0.15) is 17.9 Å². The zero-order valence-electron chi connectivity index (χ0n) is 18.0. The van der Waals surface area contributed by atoms with Crippen LogP contribution >= 0.6 is 0 Å². The van der Waals surface area contributed by atoms with Gasteiger partial charge in [-0.15, -0.1) is 0 Å². The number of ether oxygens (including phenoxy) is 2. The predicted molar refractivity (Wildman–Crippen MR) is 112 cm³/mol. The molecule has 0 bridgehead atoms. The van der Waals surface area contributed by atoms with Crippen molar-refractivity contribution in [2.24, 2.45) is 0 Å². The molecule has 0 saturated heterocycles.